The largest absolute Gasteiger partial charge is 0.283 e. The Morgan fingerprint density at radius 2 is 2.05 bits per heavy atom. The monoisotopic (exact) mass is 310 g/mol. The predicted octanol–water partition coefficient (Wildman–Crippen LogP) is 2.95. The number of aromatic nitrogens is 3. The number of hydrogen-bond acceptors (Lipinski definition) is 7. The summed E-state index contributed by atoms with van der Waals surface area (Å²) in [7, 11) is 2.36. The molecule has 0 amide bonds. The molecule has 2 rings (SSSR count). The highest BCUT2D eigenvalue weighted by Crippen LogP contribution is 2.40. The maximum Gasteiger partial charge on any atom is 0.283 e. The number of benzene rings is 1. The molecule has 0 N–H and O–H groups in total. The third-order valence-electron chi connectivity index (χ3n) is 2.32. The highest BCUT2D eigenvalue weighted by Gasteiger charge is 2.16. The molecule has 0 bridgehead atoms. The Morgan fingerprint density at radius 1 is 1.35 bits per heavy atom. The Bertz CT molecular complexity index is 671. The molecule has 0 saturated heterocycles. The summed E-state index contributed by atoms with van der Waals surface area (Å²) in [6, 6.07) is 6.43. The second kappa shape index (κ2) is 6.06. The average Bonchev–Trinajstić information content (AvgIpc) is 2.78. The molecule has 20 heavy (non-hydrogen) atoms. The first-order valence-electron chi connectivity index (χ1n) is 5.51. The van der Waals surface area contributed by atoms with Gasteiger partial charge in [-0.3, -0.25) is 14.9 Å². The van der Waals surface area contributed by atoms with Gasteiger partial charge in [-0.25, -0.2) is 4.98 Å². The fraction of sp³-hybridized carbons (Fsp3) is 0.182. The first-order chi connectivity index (χ1) is 9.49. The molecule has 104 valence electrons. The van der Waals surface area contributed by atoms with Gasteiger partial charge in [0.05, 0.1) is 9.82 Å². The van der Waals surface area contributed by atoms with Crippen molar-refractivity contribution in [2.45, 2.75) is 23.9 Å². The summed E-state index contributed by atoms with van der Waals surface area (Å²) in [5, 5.41) is 15.3. The van der Waals surface area contributed by atoms with E-state index in [1.54, 1.807) is 25.1 Å². The minimum atomic E-state index is -0.435. The molecule has 1 aromatic heterocycles. The third-order valence-corrected chi connectivity index (χ3v) is 4.48. The predicted molar refractivity (Wildman–Crippen MR) is 75.9 cm³/mol. The lowest BCUT2D eigenvalue weighted by molar-refractivity contribution is -0.387. The number of nitrogens with zero attached hydrogens (tertiary/aromatic N) is 4. The van der Waals surface area contributed by atoms with Crippen LogP contribution in [-0.4, -0.2) is 25.6 Å². The van der Waals surface area contributed by atoms with Crippen molar-refractivity contribution in [2.75, 3.05) is 0 Å². The standard InChI is InChI=1S/C11H10N4O3S2/c1-7-12-11(13-14(7)8(2)16)20-19-10-6-4-3-5-9(10)15(17)18/h3-6H,1-2H3. The zero-order valence-electron chi connectivity index (χ0n) is 10.6. The van der Waals surface area contributed by atoms with E-state index < -0.39 is 4.92 Å². The van der Waals surface area contributed by atoms with E-state index in [0.717, 1.165) is 0 Å². The van der Waals surface area contributed by atoms with Gasteiger partial charge in [-0.1, -0.05) is 12.1 Å². The summed E-state index contributed by atoms with van der Waals surface area (Å²) in [4.78, 5) is 26.3. The summed E-state index contributed by atoms with van der Waals surface area (Å²) in [5.41, 5.74) is 0.0349. The highest BCUT2D eigenvalue weighted by molar-refractivity contribution is 8.76. The summed E-state index contributed by atoms with van der Waals surface area (Å²) in [5.74, 6) is 0.265. The van der Waals surface area contributed by atoms with E-state index in [1.165, 1.54) is 39.3 Å². The van der Waals surface area contributed by atoms with Gasteiger partial charge >= 0.3 is 0 Å². The minimum absolute atomic E-state index is 0.0349. The maximum atomic E-state index is 11.3. The average molecular weight is 310 g/mol. The van der Waals surface area contributed by atoms with Gasteiger partial charge in [0.25, 0.3) is 5.69 Å². The molecular weight excluding hydrogens is 300 g/mol. The van der Waals surface area contributed by atoms with Crippen molar-refractivity contribution in [1.82, 2.24) is 14.8 Å². The van der Waals surface area contributed by atoms with Gasteiger partial charge in [-0.15, -0.1) is 5.10 Å². The topological polar surface area (TPSA) is 90.9 Å². The van der Waals surface area contributed by atoms with Crippen LogP contribution in [0.4, 0.5) is 5.69 Å². The fourth-order valence-electron chi connectivity index (χ4n) is 1.46. The molecule has 0 unspecified atom stereocenters. The Labute approximate surface area is 122 Å². The molecule has 1 aromatic carbocycles. The SMILES string of the molecule is CC(=O)n1nc(SSc2ccccc2[N+](=O)[O-])nc1C. The van der Waals surface area contributed by atoms with Crippen LogP contribution in [0.25, 0.3) is 0 Å². The zero-order valence-corrected chi connectivity index (χ0v) is 12.3. The molecule has 2 aromatic rings. The summed E-state index contributed by atoms with van der Waals surface area (Å²) in [6.07, 6.45) is 0. The summed E-state index contributed by atoms with van der Waals surface area (Å²) >= 11 is 0. The Hall–Kier alpha value is -1.87. The van der Waals surface area contributed by atoms with E-state index >= 15 is 0 Å². The van der Waals surface area contributed by atoms with Crippen LogP contribution in [0.5, 0.6) is 0 Å². The van der Waals surface area contributed by atoms with Crippen molar-refractivity contribution in [2.24, 2.45) is 0 Å². The lowest BCUT2D eigenvalue weighted by Crippen LogP contribution is -2.09. The van der Waals surface area contributed by atoms with Crippen LogP contribution in [0.1, 0.15) is 17.5 Å². The van der Waals surface area contributed by atoms with Crippen molar-refractivity contribution in [3.8, 4) is 0 Å². The Kier molecular flexibility index (Phi) is 4.40. The van der Waals surface area contributed by atoms with Crippen molar-refractivity contribution >= 4 is 33.2 Å². The Morgan fingerprint density at radius 3 is 2.65 bits per heavy atom. The first kappa shape index (κ1) is 14.5. The third kappa shape index (κ3) is 3.17. The van der Waals surface area contributed by atoms with E-state index in [2.05, 4.69) is 10.1 Å². The van der Waals surface area contributed by atoms with Crippen LogP contribution in [0.2, 0.25) is 0 Å². The van der Waals surface area contributed by atoms with Crippen LogP contribution in [-0.2, 0) is 0 Å². The van der Waals surface area contributed by atoms with Crippen molar-refractivity contribution in [1.29, 1.82) is 0 Å². The number of hydrogen-bond donors (Lipinski definition) is 0. The number of rotatable bonds is 4. The van der Waals surface area contributed by atoms with Crippen LogP contribution >= 0.6 is 21.6 Å². The van der Waals surface area contributed by atoms with E-state index in [-0.39, 0.29) is 11.6 Å². The lowest BCUT2D eigenvalue weighted by Gasteiger charge is -1.99. The van der Waals surface area contributed by atoms with Gasteiger partial charge in [0.2, 0.25) is 11.1 Å². The van der Waals surface area contributed by atoms with E-state index in [1.807, 2.05) is 0 Å². The molecule has 1 heterocycles. The van der Waals surface area contributed by atoms with Crippen LogP contribution in [0.3, 0.4) is 0 Å². The summed E-state index contributed by atoms with van der Waals surface area (Å²) < 4.78 is 1.20. The van der Waals surface area contributed by atoms with Crippen molar-refractivity contribution in [3.63, 3.8) is 0 Å². The molecule has 0 fully saturated rings. The number of nitro benzene ring substituents is 1. The molecule has 0 aliphatic carbocycles. The number of carbonyl (C=O) groups is 1. The molecule has 0 aliphatic heterocycles. The normalized spacial score (nSPS) is 10.5. The van der Waals surface area contributed by atoms with Crippen molar-refractivity contribution in [3.05, 3.63) is 40.2 Å². The number of nitro groups is 1. The molecule has 0 saturated carbocycles. The first-order valence-corrected chi connectivity index (χ1v) is 7.66. The maximum absolute atomic E-state index is 11.3. The number of aryl methyl sites for hydroxylation is 1. The number of carbonyl (C=O) groups excluding carboxylic acids is 1. The highest BCUT2D eigenvalue weighted by atomic mass is 33.1. The van der Waals surface area contributed by atoms with E-state index in [0.29, 0.717) is 15.9 Å². The molecule has 0 atom stereocenters. The zero-order chi connectivity index (χ0) is 14.7. The molecule has 0 aliphatic rings. The van der Waals surface area contributed by atoms with E-state index in [9.17, 15) is 14.9 Å². The second-order valence-corrected chi connectivity index (χ2v) is 5.90. The quantitative estimate of drug-likeness (QED) is 0.487. The van der Waals surface area contributed by atoms with Crippen LogP contribution in [0.15, 0.2) is 34.3 Å². The van der Waals surface area contributed by atoms with Crippen LogP contribution < -0.4 is 0 Å². The molecule has 7 nitrogen and oxygen atoms in total. The molecule has 9 heteroatoms. The molecular formula is C11H10N4O3S2. The molecule has 0 spiro atoms. The van der Waals surface area contributed by atoms with Gasteiger partial charge in [-0.05, 0) is 34.6 Å². The lowest BCUT2D eigenvalue weighted by atomic mass is 10.3. The van der Waals surface area contributed by atoms with E-state index in [4.69, 9.17) is 0 Å². The Balaban J connectivity index is 2.15. The minimum Gasteiger partial charge on any atom is -0.273 e. The smallest absolute Gasteiger partial charge is 0.273 e. The van der Waals surface area contributed by atoms with Gasteiger partial charge < -0.3 is 0 Å². The van der Waals surface area contributed by atoms with Crippen LogP contribution in [0, 0.1) is 17.0 Å². The van der Waals surface area contributed by atoms with Gasteiger partial charge in [0.1, 0.15) is 5.82 Å². The second-order valence-electron chi connectivity index (χ2n) is 3.76. The fourth-order valence-corrected chi connectivity index (χ4v) is 3.40. The summed E-state index contributed by atoms with van der Waals surface area (Å²) in [6.45, 7) is 3.07. The van der Waals surface area contributed by atoms with Gasteiger partial charge in [-0.2, -0.15) is 4.68 Å². The number of para-hydroxylation sites is 1. The van der Waals surface area contributed by atoms with Crippen molar-refractivity contribution < 1.29 is 9.72 Å². The molecule has 0 radical (unpaired) electrons. The van der Waals surface area contributed by atoms with Gasteiger partial charge in [0.15, 0.2) is 0 Å². The van der Waals surface area contributed by atoms with Gasteiger partial charge in [0, 0.05) is 13.0 Å².